The van der Waals surface area contributed by atoms with Crippen molar-refractivity contribution >= 4 is 29.2 Å². The van der Waals surface area contributed by atoms with Crippen molar-refractivity contribution in [2.45, 2.75) is 43.4 Å². The quantitative estimate of drug-likeness (QED) is 0.631. The number of anilines is 1. The van der Waals surface area contributed by atoms with E-state index in [2.05, 4.69) is 10.6 Å². The van der Waals surface area contributed by atoms with Gasteiger partial charge in [-0.3, -0.25) is 4.79 Å². The van der Waals surface area contributed by atoms with Crippen LogP contribution in [0.1, 0.15) is 12.8 Å². The molecule has 0 unspecified atom stereocenters. The Hall–Kier alpha value is -1.91. The van der Waals surface area contributed by atoms with Crippen LogP contribution in [0.3, 0.4) is 0 Å². The van der Waals surface area contributed by atoms with Crippen molar-refractivity contribution < 1.29 is 28.9 Å². The van der Waals surface area contributed by atoms with Crippen molar-refractivity contribution in [2.75, 3.05) is 38.2 Å². The average Bonchev–Trinajstić information content (AvgIpc) is 3.25. The summed E-state index contributed by atoms with van der Waals surface area (Å²) in [6, 6.07) is 6.40. The van der Waals surface area contributed by atoms with Crippen LogP contribution >= 0.6 is 11.6 Å². The van der Waals surface area contributed by atoms with E-state index in [1.54, 1.807) is 29.2 Å². The molecular weight excluding hydrogens is 414 g/mol. The number of carbonyl (C=O) groups excluding carboxylic acids is 2. The molecule has 0 aromatic heterocycles. The largest absolute Gasteiger partial charge is 0.388 e. The molecule has 30 heavy (non-hydrogen) atoms. The number of amides is 3. The first-order valence-corrected chi connectivity index (χ1v) is 10.5. The lowest BCUT2D eigenvalue weighted by atomic mass is 10.1. The Morgan fingerprint density at radius 3 is 2.77 bits per heavy atom. The molecule has 3 aliphatic heterocycles. The minimum atomic E-state index is -0.870. The second kappa shape index (κ2) is 9.49. The SMILES string of the molecule is O=C(NC[C@H]1O[C@@H]2C[C@@H](CC(=O)N3CCOCC3)O[C@@H]2[C@@H]1O)Nc1cccc(Cl)c1. The van der Waals surface area contributed by atoms with Gasteiger partial charge in [0.1, 0.15) is 18.3 Å². The highest BCUT2D eigenvalue weighted by atomic mass is 35.5. The van der Waals surface area contributed by atoms with Crippen molar-refractivity contribution in [1.82, 2.24) is 10.2 Å². The summed E-state index contributed by atoms with van der Waals surface area (Å²) in [6.07, 6.45) is -1.67. The Bertz CT molecular complexity index is 775. The summed E-state index contributed by atoms with van der Waals surface area (Å²) in [6.45, 7) is 2.46. The first kappa shape index (κ1) is 21.3. The number of aliphatic hydroxyl groups excluding tert-OH is 1. The van der Waals surface area contributed by atoms with Crippen molar-refractivity contribution in [3.05, 3.63) is 29.3 Å². The molecule has 9 nitrogen and oxygen atoms in total. The van der Waals surface area contributed by atoms with Gasteiger partial charge in [-0.2, -0.15) is 0 Å². The molecule has 10 heteroatoms. The number of carbonyl (C=O) groups is 2. The topological polar surface area (TPSA) is 109 Å². The van der Waals surface area contributed by atoms with Gasteiger partial charge in [-0.1, -0.05) is 17.7 Å². The Morgan fingerprint density at radius 1 is 1.23 bits per heavy atom. The molecular formula is C20H26ClN3O6. The molecule has 5 atom stereocenters. The number of rotatable bonds is 5. The number of nitrogens with one attached hydrogen (secondary N) is 2. The second-order valence-electron chi connectivity index (χ2n) is 7.70. The molecule has 0 radical (unpaired) electrons. The average molecular weight is 440 g/mol. The number of hydrogen-bond donors (Lipinski definition) is 3. The van der Waals surface area contributed by atoms with E-state index in [1.165, 1.54) is 0 Å². The number of ether oxygens (including phenoxy) is 3. The normalized spacial score (nSPS) is 30.7. The van der Waals surface area contributed by atoms with Gasteiger partial charge in [-0.25, -0.2) is 4.79 Å². The van der Waals surface area contributed by atoms with Gasteiger partial charge < -0.3 is 34.9 Å². The van der Waals surface area contributed by atoms with Crippen LogP contribution in [-0.2, 0) is 19.0 Å². The van der Waals surface area contributed by atoms with Crippen LogP contribution in [0, 0.1) is 0 Å². The van der Waals surface area contributed by atoms with Crippen LogP contribution in [-0.4, -0.2) is 85.3 Å². The number of urea groups is 1. The maximum atomic E-state index is 12.4. The molecule has 3 amide bonds. The van der Waals surface area contributed by atoms with Gasteiger partial charge in [0.25, 0.3) is 0 Å². The Labute approximate surface area is 179 Å². The first-order chi connectivity index (χ1) is 14.5. The van der Waals surface area contributed by atoms with Gasteiger partial charge in [0.05, 0.1) is 31.8 Å². The molecule has 3 heterocycles. The third-order valence-corrected chi connectivity index (χ3v) is 5.83. The standard InChI is InChI=1S/C20H26ClN3O6/c21-12-2-1-3-13(8-12)23-20(27)22-11-16-18(26)19-15(30-16)9-14(29-19)10-17(25)24-4-6-28-7-5-24/h1-3,8,14-16,18-19,26H,4-7,9-11H2,(H2,22,23,27)/t14-,15+,16+,18+,19-/m0/s1. The van der Waals surface area contributed by atoms with Crippen molar-refractivity contribution in [1.29, 1.82) is 0 Å². The lowest BCUT2D eigenvalue weighted by Gasteiger charge is -2.28. The molecule has 0 saturated carbocycles. The predicted molar refractivity (Wildman–Crippen MR) is 108 cm³/mol. The number of aliphatic hydroxyl groups is 1. The molecule has 164 valence electrons. The Morgan fingerprint density at radius 2 is 2.03 bits per heavy atom. The van der Waals surface area contributed by atoms with Gasteiger partial charge in [0.2, 0.25) is 5.91 Å². The number of halogens is 1. The van der Waals surface area contributed by atoms with Crippen molar-refractivity contribution in [3.8, 4) is 0 Å². The molecule has 0 aliphatic carbocycles. The van der Waals surface area contributed by atoms with Crippen LogP contribution < -0.4 is 10.6 Å². The summed E-state index contributed by atoms with van der Waals surface area (Å²) in [7, 11) is 0. The summed E-state index contributed by atoms with van der Waals surface area (Å²) in [4.78, 5) is 26.2. The molecule has 0 spiro atoms. The van der Waals surface area contributed by atoms with Crippen molar-refractivity contribution in [2.24, 2.45) is 0 Å². The lowest BCUT2D eigenvalue weighted by molar-refractivity contribution is -0.138. The predicted octanol–water partition coefficient (Wildman–Crippen LogP) is 0.996. The fourth-order valence-corrected chi connectivity index (χ4v) is 4.27. The van der Waals surface area contributed by atoms with Crippen LogP contribution in [0.25, 0.3) is 0 Å². The van der Waals surface area contributed by atoms with Crippen LogP contribution in [0.4, 0.5) is 10.5 Å². The number of morpholine rings is 1. The molecule has 3 saturated heterocycles. The maximum Gasteiger partial charge on any atom is 0.319 e. The molecule has 4 rings (SSSR count). The van der Waals surface area contributed by atoms with Crippen molar-refractivity contribution in [3.63, 3.8) is 0 Å². The minimum absolute atomic E-state index is 0.0358. The Kier molecular flexibility index (Phi) is 6.74. The van der Waals surface area contributed by atoms with Gasteiger partial charge in [-0.05, 0) is 18.2 Å². The highest BCUT2D eigenvalue weighted by Crippen LogP contribution is 2.35. The monoisotopic (exact) mass is 439 g/mol. The number of nitrogens with zero attached hydrogens (tertiary/aromatic N) is 1. The van der Waals surface area contributed by atoms with Gasteiger partial charge >= 0.3 is 6.03 Å². The zero-order chi connectivity index (χ0) is 21.1. The van der Waals surface area contributed by atoms with Gasteiger partial charge in [0.15, 0.2) is 0 Å². The highest BCUT2D eigenvalue weighted by molar-refractivity contribution is 6.30. The summed E-state index contributed by atoms with van der Waals surface area (Å²) in [5.74, 6) is 0.0358. The second-order valence-corrected chi connectivity index (χ2v) is 8.14. The maximum absolute atomic E-state index is 12.4. The minimum Gasteiger partial charge on any atom is -0.388 e. The van der Waals surface area contributed by atoms with E-state index < -0.39 is 24.3 Å². The molecule has 0 bridgehead atoms. The van der Waals surface area contributed by atoms with Gasteiger partial charge in [0, 0.05) is 36.8 Å². The van der Waals surface area contributed by atoms with E-state index in [0.717, 1.165) is 0 Å². The van der Waals surface area contributed by atoms with E-state index in [1.807, 2.05) is 0 Å². The van der Waals surface area contributed by atoms with E-state index in [9.17, 15) is 14.7 Å². The van der Waals surface area contributed by atoms with Gasteiger partial charge in [-0.15, -0.1) is 0 Å². The first-order valence-electron chi connectivity index (χ1n) is 10.1. The van der Waals surface area contributed by atoms with Crippen LogP contribution in [0.15, 0.2) is 24.3 Å². The number of hydrogen-bond acceptors (Lipinski definition) is 6. The third-order valence-electron chi connectivity index (χ3n) is 5.59. The van der Waals surface area contributed by atoms with E-state index in [-0.39, 0.29) is 31.1 Å². The zero-order valence-electron chi connectivity index (χ0n) is 16.5. The van der Waals surface area contributed by atoms with E-state index in [4.69, 9.17) is 25.8 Å². The fraction of sp³-hybridized carbons (Fsp3) is 0.600. The van der Waals surface area contributed by atoms with E-state index in [0.29, 0.717) is 43.4 Å². The van der Waals surface area contributed by atoms with Crippen LogP contribution in [0.2, 0.25) is 5.02 Å². The van der Waals surface area contributed by atoms with E-state index >= 15 is 0 Å². The Balaban J connectivity index is 1.21. The molecule has 3 aliphatic rings. The summed E-state index contributed by atoms with van der Waals surface area (Å²) in [5, 5.41) is 16.4. The summed E-state index contributed by atoms with van der Waals surface area (Å²) < 4.78 is 17.1. The molecule has 3 N–H and O–H groups in total. The lowest BCUT2D eigenvalue weighted by Crippen LogP contribution is -2.43. The molecule has 1 aromatic rings. The summed E-state index contributed by atoms with van der Waals surface area (Å²) >= 11 is 5.90. The summed E-state index contributed by atoms with van der Waals surface area (Å²) in [5.41, 5.74) is 0.570. The van der Waals surface area contributed by atoms with Crippen LogP contribution in [0.5, 0.6) is 0 Å². The third kappa shape index (κ3) is 5.04. The smallest absolute Gasteiger partial charge is 0.319 e. The highest BCUT2D eigenvalue weighted by Gasteiger charge is 2.50. The fourth-order valence-electron chi connectivity index (χ4n) is 4.08. The molecule has 3 fully saturated rings. The molecule has 1 aromatic carbocycles. The number of fused-ring (bicyclic) bond motifs is 1. The zero-order valence-corrected chi connectivity index (χ0v) is 17.2. The number of benzene rings is 1.